The lowest BCUT2D eigenvalue weighted by atomic mass is 10.3. The van der Waals surface area contributed by atoms with Crippen molar-refractivity contribution in [3.05, 3.63) is 72.7 Å². The molecule has 10 heteroatoms. The van der Waals surface area contributed by atoms with Crippen molar-refractivity contribution in [2.75, 3.05) is 25.1 Å². The lowest BCUT2D eigenvalue weighted by Crippen LogP contribution is -2.39. The van der Waals surface area contributed by atoms with Crippen LogP contribution in [-0.2, 0) is 14.8 Å². The number of para-hydroxylation sites is 1. The molecule has 1 amide bonds. The summed E-state index contributed by atoms with van der Waals surface area (Å²) in [6.45, 7) is -0.490. The number of nitrogens with one attached hydrogen (secondary N) is 1. The largest absolute Gasteiger partial charge is 0.493 e. The molecule has 0 spiro atoms. The zero-order valence-electron chi connectivity index (χ0n) is 16.9. The predicted octanol–water partition coefficient (Wildman–Crippen LogP) is 2.64. The van der Waals surface area contributed by atoms with Gasteiger partial charge in [-0.25, -0.2) is 13.8 Å². The Morgan fingerprint density at radius 1 is 1.06 bits per heavy atom. The van der Waals surface area contributed by atoms with E-state index < -0.39 is 22.5 Å². The highest BCUT2D eigenvalue weighted by Crippen LogP contribution is 2.32. The van der Waals surface area contributed by atoms with Gasteiger partial charge >= 0.3 is 0 Å². The molecule has 0 aliphatic carbocycles. The number of carbonyl (C=O) groups excluding carboxylic acids is 1. The van der Waals surface area contributed by atoms with Crippen LogP contribution in [0.1, 0.15) is 5.76 Å². The zero-order chi connectivity index (χ0) is 22.3. The number of anilines is 1. The molecule has 0 aliphatic heterocycles. The van der Waals surface area contributed by atoms with Gasteiger partial charge in [-0.1, -0.05) is 18.2 Å². The van der Waals surface area contributed by atoms with Crippen LogP contribution in [0.5, 0.6) is 11.5 Å². The molecule has 162 valence electrons. The van der Waals surface area contributed by atoms with E-state index in [-0.39, 0.29) is 10.6 Å². The number of benzene rings is 2. The van der Waals surface area contributed by atoms with Crippen LogP contribution in [-0.4, -0.2) is 41.3 Å². The fourth-order valence-electron chi connectivity index (χ4n) is 2.71. The molecule has 2 aromatic carbocycles. The summed E-state index contributed by atoms with van der Waals surface area (Å²) in [6, 6.07) is 15.9. The summed E-state index contributed by atoms with van der Waals surface area (Å²) in [5.74, 6) is 0.454. The number of hydrogen-bond donors (Lipinski definition) is 1. The van der Waals surface area contributed by atoms with Gasteiger partial charge in [0.2, 0.25) is 0 Å². The van der Waals surface area contributed by atoms with E-state index in [1.165, 1.54) is 44.9 Å². The highest BCUT2D eigenvalue weighted by Gasteiger charge is 2.28. The van der Waals surface area contributed by atoms with Crippen LogP contribution >= 0.6 is 0 Å². The van der Waals surface area contributed by atoms with Gasteiger partial charge in [-0.15, -0.1) is 0 Å². The van der Waals surface area contributed by atoms with E-state index in [0.717, 1.165) is 4.31 Å². The molecule has 0 aliphatic rings. The molecule has 1 heterocycles. The van der Waals surface area contributed by atoms with Crippen LogP contribution in [0.3, 0.4) is 0 Å². The fraction of sp³-hybridized carbons (Fsp3) is 0.143. The Morgan fingerprint density at radius 3 is 2.45 bits per heavy atom. The topological polar surface area (TPSA) is 110 Å². The van der Waals surface area contributed by atoms with Crippen molar-refractivity contribution in [2.24, 2.45) is 5.10 Å². The number of furan rings is 1. The van der Waals surface area contributed by atoms with Gasteiger partial charge in [0.15, 0.2) is 11.5 Å². The number of sulfonamides is 1. The first-order chi connectivity index (χ1) is 15.0. The third kappa shape index (κ3) is 5.23. The number of methoxy groups -OCH3 is 2. The van der Waals surface area contributed by atoms with Crippen molar-refractivity contribution in [3.63, 3.8) is 0 Å². The molecule has 0 saturated heterocycles. The quantitative estimate of drug-likeness (QED) is 0.402. The predicted molar refractivity (Wildman–Crippen MR) is 115 cm³/mol. The Kier molecular flexibility index (Phi) is 6.93. The number of hydrogen-bond acceptors (Lipinski definition) is 7. The first kappa shape index (κ1) is 21.9. The lowest BCUT2D eigenvalue weighted by molar-refractivity contribution is -0.119. The summed E-state index contributed by atoms with van der Waals surface area (Å²) in [7, 11) is -1.24. The van der Waals surface area contributed by atoms with E-state index in [4.69, 9.17) is 13.9 Å². The van der Waals surface area contributed by atoms with E-state index in [1.807, 2.05) is 0 Å². The van der Waals surface area contributed by atoms with Crippen LogP contribution in [0.4, 0.5) is 5.69 Å². The van der Waals surface area contributed by atoms with E-state index in [1.54, 1.807) is 42.5 Å². The molecule has 9 nitrogen and oxygen atoms in total. The summed E-state index contributed by atoms with van der Waals surface area (Å²) >= 11 is 0. The molecular weight excluding hydrogens is 422 g/mol. The maximum absolute atomic E-state index is 13.4. The van der Waals surface area contributed by atoms with Gasteiger partial charge in [0.05, 0.1) is 37.3 Å². The monoisotopic (exact) mass is 443 g/mol. The zero-order valence-corrected chi connectivity index (χ0v) is 17.7. The number of nitrogens with zero attached hydrogens (tertiary/aromatic N) is 2. The van der Waals surface area contributed by atoms with Crippen molar-refractivity contribution in [3.8, 4) is 11.5 Å². The summed E-state index contributed by atoms with van der Waals surface area (Å²) in [4.78, 5) is 12.4. The van der Waals surface area contributed by atoms with Gasteiger partial charge in [0.25, 0.3) is 15.9 Å². The van der Waals surface area contributed by atoms with Crippen molar-refractivity contribution in [1.82, 2.24) is 5.43 Å². The second-order valence-electron chi connectivity index (χ2n) is 6.17. The van der Waals surface area contributed by atoms with Gasteiger partial charge in [-0.05, 0) is 36.4 Å². The Labute approximate surface area is 179 Å². The third-order valence-electron chi connectivity index (χ3n) is 4.20. The number of ether oxygens (including phenoxy) is 2. The number of rotatable bonds is 9. The summed E-state index contributed by atoms with van der Waals surface area (Å²) < 4.78 is 43.2. The standard InChI is InChI=1S/C21H21N3O6S/c1-28-19-11-10-18(13-20(19)29-2)31(26,27)24(16-7-4-3-5-8-16)15-21(25)23-22-14-17-9-6-12-30-17/h3-14H,15H2,1-2H3,(H,23,25)/b22-14-. The molecule has 1 aromatic heterocycles. The van der Waals surface area contributed by atoms with Crippen LogP contribution in [0.2, 0.25) is 0 Å². The van der Waals surface area contributed by atoms with Crippen molar-refractivity contribution < 1.29 is 27.1 Å². The number of amides is 1. The Hall–Kier alpha value is -3.79. The Bertz CT molecular complexity index is 1150. The average molecular weight is 443 g/mol. The van der Waals surface area contributed by atoms with E-state index in [2.05, 4.69) is 10.5 Å². The molecule has 0 bridgehead atoms. The molecular formula is C21H21N3O6S. The van der Waals surface area contributed by atoms with Crippen LogP contribution in [0.15, 0.2) is 81.3 Å². The fourth-order valence-corrected chi connectivity index (χ4v) is 4.15. The molecule has 1 N–H and O–H groups in total. The van der Waals surface area contributed by atoms with E-state index >= 15 is 0 Å². The minimum atomic E-state index is -4.11. The molecule has 0 atom stereocenters. The first-order valence-electron chi connectivity index (χ1n) is 9.11. The summed E-state index contributed by atoms with van der Waals surface area (Å²) in [5.41, 5.74) is 2.63. The normalized spacial score (nSPS) is 11.3. The van der Waals surface area contributed by atoms with Crippen molar-refractivity contribution >= 4 is 27.8 Å². The summed E-state index contributed by atoms with van der Waals surface area (Å²) in [6.07, 6.45) is 2.78. The molecule has 3 rings (SSSR count). The van der Waals surface area contributed by atoms with Crippen molar-refractivity contribution in [2.45, 2.75) is 4.90 Å². The average Bonchev–Trinajstić information content (AvgIpc) is 3.31. The molecule has 0 saturated carbocycles. The highest BCUT2D eigenvalue weighted by atomic mass is 32.2. The first-order valence-corrected chi connectivity index (χ1v) is 10.5. The Morgan fingerprint density at radius 2 is 1.81 bits per heavy atom. The summed E-state index contributed by atoms with van der Waals surface area (Å²) in [5, 5.41) is 3.79. The molecule has 0 unspecified atom stereocenters. The van der Waals surface area contributed by atoms with E-state index in [0.29, 0.717) is 17.2 Å². The van der Waals surface area contributed by atoms with Gasteiger partial charge in [0, 0.05) is 6.07 Å². The van der Waals surface area contributed by atoms with Gasteiger partial charge < -0.3 is 13.9 Å². The van der Waals surface area contributed by atoms with Gasteiger partial charge in [-0.3, -0.25) is 9.10 Å². The molecule has 3 aromatic rings. The van der Waals surface area contributed by atoms with Gasteiger partial charge in [-0.2, -0.15) is 5.10 Å². The van der Waals surface area contributed by atoms with Crippen LogP contribution in [0, 0.1) is 0 Å². The van der Waals surface area contributed by atoms with Crippen molar-refractivity contribution in [1.29, 1.82) is 0 Å². The molecule has 0 fully saturated rings. The minimum Gasteiger partial charge on any atom is -0.493 e. The number of carbonyl (C=O) groups is 1. The minimum absolute atomic E-state index is 0.0547. The molecule has 0 radical (unpaired) electrons. The maximum Gasteiger partial charge on any atom is 0.264 e. The SMILES string of the molecule is COc1ccc(S(=O)(=O)N(CC(=O)N/N=C\c2ccco2)c2ccccc2)cc1OC. The van der Waals surface area contributed by atoms with Crippen LogP contribution in [0.25, 0.3) is 0 Å². The highest BCUT2D eigenvalue weighted by molar-refractivity contribution is 7.92. The maximum atomic E-state index is 13.4. The second-order valence-corrected chi connectivity index (χ2v) is 8.03. The Balaban J connectivity index is 1.89. The lowest BCUT2D eigenvalue weighted by Gasteiger charge is -2.24. The molecule has 31 heavy (non-hydrogen) atoms. The van der Waals surface area contributed by atoms with Gasteiger partial charge in [0.1, 0.15) is 12.3 Å². The smallest absolute Gasteiger partial charge is 0.264 e. The second kappa shape index (κ2) is 9.81. The third-order valence-corrected chi connectivity index (χ3v) is 5.97. The van der Waals surface area contributed by atoms with E-state index in [9.17, 15) is 13.2 Å². The van der Waals surface area contributed by atoms with Crippen LogP contribution < -0.4 is 19.2 Å². The number of hydrazone groups is 1.